The van der Waals surface area contributed by atoms with Crippen LogP contribution in [-0.2, 0) is 10.3 Å². The molecule has 1 aromatic rings. The molecule has 2 nitrogen and oxygen atoms in total. The summed E-state index contributed by atoms with van der Waals surface area (Å²) >= 11 is 28.9. The Hall–Kier alpha value is 0.560. The van der Waals surface area contributed by atoms with Gasteiger partial charge in [-0.05, 0) is 12.1 Å². The molecule has 0 aliphatic carbocycles. The van der Waals surface area contributed by atoms with Gasteiger partial charge < -0.3 is 4.74 Å². The maximum absolute atomic E-state index is 5.88. The molecule has 0 N–H and O–H groups in total. The number of nitrogens with zero attached hydrogens (tertiary/aromatic N) is 1. The van der Waals surface area contributed by atoms with E-state index in [4.69, 9.17) is 62.7 Å². The first kappa shape index (κ1) is 13.0. The van der Waals surface area contributed by atoms with Gasteiger partial charge in [0, 0.05) is 11.4 Å². The fraction of sp³-hybridized carbons (Fsp3) is 0.444. The second-order valence-corrected chi connectivity index (χ2v) is 6.91. The second kappa shape index (κ2) is 4.34. The standard InChI is InChI=1S/C9H6Cl5NO/c10-5-1-6(15-7(11)2-5)8(4-16-8)3-9(12,13)14/h1-2H,3-4H2. The zero-order valence-corrected chi connectivity index (χ0v) is 11.6. The van der Waals surface area contributed by atoms with Gasteiger partial charge in [-0.15, -0.1) is 0 Å². The second-order valence-electron chi connectivity index (χ2n) is 3.57. The molecule has 16 heavy (non-hydrogen) atoms. The molecule has 2 heterocycles. The van der Waals surface area contributed by atoms with E-state index in [1.54, 1.807) is 6.07 Å². The van der Waals surface area contributed by atoms with E-state index in [9.17, 15) is 0 Å². The lowest BCUT2D eigenvalue weighted by Gasteiger charge is -2.17. The van der Waals surface area contributed by atoms with Crippen molar-refractivity contribution in [2.24, 2.45) is 0 Å². The van der Waals surface area contributed by atoms with Crippen molar-refractivity contribution in [3.8, 4) is 0 Å². The van der Waals surface area contributed by atoms with E-state index >= 15 is 0 Å². The number of aromatic nitrogens is 1. The Labute approximate surface area is 118 Å². The number of epoxide rings is 1. The van der Waals surface area contributed by atoms with Crippen LogP contribution in [0.25, 0.3) is 0 Å². The molecule has 0 spiro atoms. The quantitative estimate of drug-likeness (QED) is 0.459. The minimum Gasteiger partial charge on any atom is -0.363 e. The molecule has 2 rings (SSSR count). The van der Waals surface area contributed by atoms with Gasteiger partial charge in [0.05, 0.1) is 12.3 Å². The molecule has 1 aliphatic rings. The zero-order chi connectivity index (χ0) is 12.0. The summed E-state index contributed by atoms with van der Waals surface area (Å²) in [5.74, 6) is 0. The number of hydrogen-bond acceptors (Lipinski definition) is 2. The van der Waals surface area contributed by atoms with E-state index in [0.29, 0.717) is 22.5 Å². The molecule has 0 saturated carbocycles. The number of hydrogen-bond donors (Lipinski definition) is 0. The maximum atomic E-state index is 5.88. The Balaban J connectivity index is 2.30. The van der Waals surface area contributed by atoms with E-state index in [1.165, 1.54) is 6.07 Å². The van der Waals surface area contributed by atoms with Gasteiger partial charge in [0.15, 0.2) is 3.79 Å². The Morgan fingerprint density at radius 1 is 1.31 bits per heavy atom. The van der Waals surface area contributed by atoms with Gasteiger partial charge in [0.1, 0.15) is 10.8 Å². The smallest absolute Gasteiger partial charge is 0.193 e. The van der Waals surface area contributed by atoms with Gasteiger partial charge in [-0.25, -0.2) is 4.98 Å². The molecule has 1 saturated heterocycles. The fourth-order valence-electron chi connectivity index (χ4n) is 1.45. The summed E-state index contributed by atoms with van der Waals surface area (Å²) in [6, 6.07) is 3.20. The van der Waals surface area contributed by atoms with Gasteiger partial charge in [-0.1, -0.05) is 58.0 Å². The average molecular weight is 321 g/mol. The summed E-state index contributed by atoms with van der Waals surface area (Å²) < 4.78 is 3.94. The first-order valence-corrected chi connectivity index (χ1v) is 6.24. The van der Waals surface area contributed by atoms with Gasteiger partial charge in [-0.3, -0.25) is 0 Å². The Bertz CT molecular complexity index is 393. The van der Waals surface area contributed by atoms with Crippen molar-refractivity contribution in [2.45, 2.75) is 15.8 Å². The van der Waals surface area contributed by atoms with Crippen LogP contribution in [0.5, 0.6) is 0 Å². The van der Waals surface area contributed by atoms with Gasteiger partial charge in [0.25, 0.3) is 0 Å². The van der Waals surface area contributed by atoms with Crippen LogP contribution in [0, 0.1) is 0 Å². The highest BCUT2D eigenvalue weighted by Gasteiger charge is 2.52. The number of alkyl halides is 3. The molecule has 1 aliphatic heterocycles. The summed E-state index contributed by atoms with van der Waals surface area (Å²) in [6.45, 7) is 0.449. The molecule has 0 amide bonds. The summed E-state index contributed by atoms with van der Waals surface area (Å²) in [7, 11) is 0. The monoisotopic (exact) mass is 319 g/mol. The molecule has 7 heteroatoms. The molecular formula is C9H6Cl5NO. The molecule has 1 atom stereocenters. The third kappa shape index (κ3) is 3.06. The Morgan fingerprint density at radius 3 is 2.38 bits per heavy atom. The molecule has 1 aromatic heterocycles. The Morgan fingerprint density at radius 2 is 1.94 bits per heavy atom. The lowest BCUT2D eigenvalue weighted by Crippen LogP contribution is -2.19. The van der Waals surface area contributed by atoms with Gasteiger partial charge >= 0.3 is 0 Å². The summed E-state index contributed by atoms with van der Waals surface area (Å²) in [5, 5.41) is 0.774. The minimum atomic E-state index is -1.40. The van der Waals surface area contributed by atoms with Crippen molar-refractivity contribution in [2.75, 3.05) is 6.61 Å². The van der Waals surface area contributed by atoms with Crippen LogP contribution in [0.15, 0.2) is 12.1 Å². The van der Waals surface area contributed by atoms with E-state index in [-0.39, 0.29) is 6.42 Å². The van der Waals surface area contributed by atoms with E-state index in [1.807, 2.05) is 0 Å². The normalized spacial score (nSPS) is 24.6. The topological polar surface area (TPSA) is 25.4 Å². The van der Waals surface area contributed by atoms with Crippen LogP contribution in [0.2, 0.25) is 10.2 Å². The number of halogens is 5. The van der Waals surface area contributed by atoms with E-state index in [0.717, 1.165) is 0 Å². The first-order valence-electron chi connectivity index (χ1n) is 4.35. The van der Waals surface area contributed by atoms with Crippen molar-refractivity contribution in [3.63, 3.8) is 0 Å². The third-order valence-electron chi connectivity index (χ3n) is 2.20. The molecule has 88 valence electrons. The highest BCUT2D eigenvalue weighted by atomic mass is 35.6. The number of ether oxygens (including phenoxy) is 1. The highest BCUT2D eigenvalue weighted by Crippen LogP contribution is 2.49. The largest absolute Gasteiger partial charge is 0.363 e. The highest BCUT2D eigenvalue weighted by molar-refractivity contribution is 6.67. The van der Waals surface area contributed by atoms with Gasteiger partial charge in [0.2, 0.25) is 0 Å². The molecular weight excluding hydrogens is 315 g/mol. The van der Waals surface area contributed by atoms with Crippen LogP contribution >= 0.6 is 58.0 Å². The van der Waals surface area contributed by atoms with E-state index < -0.39 is 9.39 Å². The van der Waals surface area contributed by atoms with Crippen molar-refractivity contribution >= 4 is 58.0 Å². The van der Waals surface area contributed by atoms with Crippen LogP contribution in [0.3, 0.4) is 0 Å². The van der Waals surface area contributed by atoms with E-state index in [2.05, 4.69) is 4.98 Å². The van der Waals surface area contributed by atoms with Crippen molar-refractivity contribution in [3.05, 3.63) is 28.0 Å². The van der Waals surface area contributed by atoms with Crippen molar-refractivity contribution in [1.29, 1.82) is 0 Å². The molecule has 1 unspecified atom stereocenters. The predicted octanol–water partition coefficient (Wildman–Crippen LogP) is 4.37. The van der Waals surface area contributed by atoms with Crippen LogP contribution in [0.4, 0.5) is 0 Å². The van der Waals surface area contributed by atoms with Crippen LogP contribution in [-0.4, -0.2) is 15.4 Å². The fourth-order valence-corrected chi connectivity index (χ4v) is 2.57. The lowest BCUT2D eigenvalue weighted by atomic mass is 10.0. The average Bonchev–Trinajstić information content (AvgIpc) is 2.80. The van der Waals surface area contributed by atoms with Crippen LogP contribution < -0.4 is 0 Å². The summed E-state index contributed by atoms with van der Waals surface area (Å²) in [4.78, 5) is 4.13. The summed E-state index contributed by atoms with van der Waals surface area (Å²) in [6.07, 6.45) is 0.217. The lowest BCUT2D eigenvalue weighted by molar-refractivity contribution is 0.289. The summed E-state index contributed by atoms with van der Waals surface area (Å²) in [5.41, 5.74) is -0.0731. The Kier molecular flexibility index (Phi) is 3.53. The van der Waals surface area contributed by atoms with Gasteiger partial charge in [-0.2, -0.15) is 0 Å². The zero-order valence-electron chi connectivity index (χ0n) is 7.81. The van der Waals surface area contributed by atoms with Crippen molar-refractivity contribution < 1.29 is 4.74 Å². The SMILES string of the molecule is Clc1cc(Cl)nc(C2(CC(Cl)(Cl)Cl)CO2)c1. The van der Waals surface area contributed by atoms with Crippen LogP contribution in [0.1, 0.15) is 12.1 Å². The number of pyridine rings is 1. The molecule has 0 bridgehead atoms. The minimum absolute atomic E-state index is 0.217. The molecule has 1 fully saturated rings. The molecule has 0 radical (unpaired) electrons. The van der Waals surface area contributed by atoms with Crippen molar-refractivity contribution in [1.82, 2.24) is 4.98 Å². The third-order valence-corrected chi connectivity index (χ3v) is 3.02. The molecule has 0 aromatic carbocycles. The predicted molar refractivity (Wildman–Crippen MR) is 66.8 cm³/mol. The first-order chi connectivity index (χ1) is 7.31. The maximum Gasteiger partial charge on any atom is 0.193 e. The number of rotatable bonds is 2.